The second-order valence-corrected chi connectivity index (χ2v) is 7.34. The molecule has 2 aliphatic heterocycles. The molecule has 2 unspecified atom stereocenters. The Morgan fingerprint density at radius 2 is 2.12 bits per heavy atom. The van der Waals surface area contributed by atoms with Gasteiger partial charge in [0.05, 0.1) is 5.25 Å². The number of thioether (sulfide) groups is 1. The zero-order chi connectivity index (χ0) is 16.9. The minimum Gasteiger partial charge on any atom is -0.343 e. The smallest absolute Gasteiger partial charge is 0.246 e. The van der Waals surface area contributed by atoms with E-state index in [0.717, 1.165) is 26.1 Å². The average Bonchev–Trinajstić information content (AvgIpc) is 2.87. The van der Waals surface area contributed by atoms with Crippen molar-refractivity contribution < 1.29 is 14.0 Å². The Morgan fingerprint density at radius 3 is 2.92 bits per heavy atom. The van der Waals surface area contributed by atoms with E-state index in [1.54, 1.807) is 18.2 Å². The van der Waals surface area contributed by atoms with Gasteiger partial charge in [0.1, 0.15) is 11.9 Å². The topological polar surface area (TPSA) is 61.4 Å². The molecule has 2 heterocycles. The van der Waals surface area contributed by atoms with Crippen LogP contribution in [0.1, 0.15) is 12.0 Å². The van der Waals surface area contributed by atoms with Crippen molar-refractivity contribution in [1.29, 1.82) is 0 Å². The highest BCUT2D eigenvalue weighted by Crippen LogP contribution is 2.24. The summed E-state index contributed by atoms with van der Waals surface area (Å²) < 4.78 is 13.8. The number of hydrogen-bond donors (Lipinski definition) is 2. The lowest BCUT2D eigenvalue weighted by Gasteiger charge is -2.31. The molecule has 2 amide bonds. The fourth-order valence-electron chi connectivity index (χ4n) is 3.03. The van der Waals surface area contributed by atoms with Crippen molar-refractivity contribution in [1.82, 2.24) is 15.5 Å². The molecule has 2 saturated heterocycles. The van der Waals surface area contributed by atoms with Crippen LogP contribution in [0, 0.1) is 5.82 Å². The monoisotopic (exact) mass is 351 g/mol. The van der Waals surface area contributed by atoms with Crippen molar-refractivity contribution in [2.24, 2.45) is 0 Å². The molecule has 0 aromatic heterocycles. The Labute approximate surface area is 145 Å². The lowest BCUT2D eigenvalue weighted by Crippen LogP contribution is -2.55. The van der Waals surface area contributed by atoms with E-state index in [4.69, 9.17) is 0 Å². The van der Waals surface area contributed by atoms with Crippen molar-refractivity contribution in [3.05, 3.63) is 35.6 Å². The molecule has 0 saturated carbocycles. The molecule has 0 radical (unpaired) electrons. The van der Waals surface area contributed by atoms with Crippen LogP contribution in [0.4, 0.5) is 4.39 Å². The molecular weight excluding hydrogens is 329 g/mol. The van der Waals surface area contributed by atoms with Gasteiger partial charge in [-0.05, 0) is 31.0 Å². The van der Waals surface area contributed by atoms with Crippen LogP contribution in [-0.2, 0) is 16.0 Å². The van der Waals surface area contributed by atoms with Crippen LogP contribution in [0.2, 0.25) is 0 Å². The minimum absolute atomic E-state index is 0.0103. The summed E-state index contributed by atoms with van der Waals surface area (Å²) in [5, 5.41) is 5.74. The first kappa shape index (κ1) is 17.2. The second kappa shape index (κ2) is 7.98. The van der Waals surface area contributed by atoms with Crippen LogP contribution >= 0.6 is 11.8 Å². The molecule has 0 aliphatic carbocycles. The zero-order valence-corrected chi connectivity index (χ0v) is 14.3. The van der Waals surface area contributed by atoms with Gasteiger partial charge in [0.2, 0.25) is 11.8 Å². The Kier molecular flexibility index (Phi) is 5.73. The van der Waals surface area contributed by atoms with Crippen LogP contribution in [0.25, 0.3) is 0 Å². The van der Waals surface area contributed by atoms with E-state index in [9.17, 15) is 14.0 Å². The largest absolute Gasteiger partial charge is 0.343 e. The predicted octanol–water partition coefficient (Wildman–Crippen LogP) is 0.790. The fourth-order valence-corrected chi connectivity index (χ4v) is 4.20. The summed E-state index contributed by atoms with van der Waals surface area (Å²) in [7, 11) is 0. The SMILES string of the molecule is O=C1NC(C(=O)N2CCCNCC2)CSC1Cc1ccccc1F. The normalized spacial score (nSPS) is 25.0. The zero-order valence-electron chi connectivity index (χ0n) is 13.5. The minimum atomic E-state index is -0.475. The standard InChI is InChI=1S/C17H22FN3O2S/c18-13-5-2-1-4-12(13)10-15-16(22)20-14(11-24-15)17(23)21-8-3-6-19-7-9-21/h1-2,4-5,14-15,19H,3,6-11H2,(H,20,22). The number of rotatable bonds is 3. The summed E-state index contributed by atoms with van der Waals surface area (Å²) in [6.45, 7) is 3.10. The highest BCUT2D eigenvalue weighted by Gasteiger charge is 2.34. The number of halogens is 1. The second-order valence-electron chi connectivity index (χ2n) is 6.11. The third-order valence-corrected chi connectivity index (χ3v) is 5.69. The Bertz CT molecular complexity index is 605. The van der Waals surface area contributed by atoms with E-state index in [2.05, 4.69) is 10.6 Å². The van der Waals surface area contributed by atoms with Gasteiger partial charge in [-0.3, -0.25) is 9.59 Å². The molecule has 130 valence electrons. The highest BCUT2D eigenvalue weighted by atomic mass is 32.2. The molecule has 1 aromatic rings. The van der Waals surface area contributed by atoms with Crippen LogP contribution in [0.15, 0.2) is 24.3 Å². The van der Waals surface area contributed by atoms with Crippen molar-refractivity contribution in [3.8, 4) is 0 Å². The molecule has 24 heavy (non-hydrogen) atoms. The number of hydrogen-bond acceptors (Lipinski definition) is 4. The van der Waals surface area contributed by atoms with Gasteiger partial charge in [-0.15, -0.1) is 11.8 Å². The van der Waals surface area contributed by atoms with Gasteiger partial charge in [-0.2, -0.15) is 0 Å². The number of nitrogens with zero attached hydrogens (tertiary/aromatic N) is 1. The Hall–Kier alpha value is -1.60. The van der Waals surface area contributed by atoms with Crippen LogP contribution in [0.5, 0.6) is 0 Å². The van der Waals surface area contributed by atoms with Crippen LogP contribution < -0.4 is 10.6 Å². The Balaban J connectivity index is 1.57. The number of amides is 2. The summed E-state index contributed by atoms with van der Waals surface area (Å²) in [4.78, 5) is 26.7. The third kappa shape index (κ3) is 4.08. The lowest BCUT2D eigenvalue weighted by molar-refractivity contribution is -0.135. The summed E-state index contributed by atoms with van der Waals surface area (Å²) in [5.41, 5.74) is 0.536. The molecule has 1 aromatic carbocycles. The van der Waals surface area contributed by atoms with E-state index in [1.807, 2.05) is 4.90 Å². The van der Waals surface area contributed by atoms with E-state index in [-0.39, 0.29) is 22.9 Å². The van der Waals surface area contributed by atoms with Gasteiger partial charge >= 0.3 is 0 Å². The summed E-state index contributed by atoms with van der Waals surface area (Å²) in [6.07, 6.45) is 1.27. The molecule has 2 atom stereocenters. The average molecular weight is 351 g/mol. The predicted molar refractivity (Wildman–Crippen MR) is 92.3 cm³/mol. The fraction of sp³-hybridized carbons (Fsp3) is 0.529. The number of carbonyl (C=O) groups is 2. The van der Waals surface area contributed by atoms with Gasteiger partial charge in [0.15, 0.2) is 0 Å². The summed E-state index contributed by atoms with van der Waals surface area (Å²) in [6, 6.07) is 6.03. The molecule has 5 nitrogen and oxygen atoms in total. The van der Waals surface area contributed by atoms with Gasteiger partial charge in [-0.25, -0.2) is 4.39 Å². The number of carbonyl (C=O) groups excluding carboxylic acids is 2. The van der Waals surface area contributed by atoms with E-state index < -0.39 is 6.04 Å². The van der Waals surface area contributed by atoms with Crippen LogP contribution in [0.3, 0.4) is 0 Å². The van der Waals surface area contributed by atoms with E-state index in [0.29, 0.717) is 24.3 Å². The van der Waals surface area contributed by atoms with Crippen molar-refractivity contribution >= 4 is 23.6 Å². The van der Waals surface area contributed by atoms with E-state index >= 15 is 0 Å². The van der Waals surface area contributed by atoms with Crippen molar-refractivity contribution in [3.63, 3.8) is 0 Å². The molecule has 2 aliphatic rings. The quantitative estimate of drug-likeness (QED) is 0.845. The molecule has 2 N–H and O–H groups in total. The highest BCUT2D eigenvalue weighted by molar-refractivity contribution is 8.00. The summed E-state index contributed by atoms with van der Waals surface area (Å²) in [5.74, 6) is 0.0547. The first-order valence-electron chi connectivity index (χ1n) is 8.30. The molecule has 3 rings (SSSR count). The van der Waals surface area contributed by atoms with Crippen molar-refractivity contribution in [2.45, 2.75) is 24.1 Å². The number of benzene rings is 1. The lowest BCUT2D eigenvalue weighted by atomic mass is 10.1. The van der Waals surface area contributed by atoms with Crippen LogP contribution in [-0.4, -0.2) is 59.9 Å². The molecular formula is C17H22FN3O2S. The first-order chi connectivity index (χ1) is 11.6. The molecule has 0 spiro atoms. The van der Waals surface area contributed by atoms with Gasteiger partial charge < -0.3 is 15.5 Å². The first-order valence-corrected chi connectivity index (χ1v) is 9.35. The van der Waals surface area contributed by atoms with Gasteiger partial charge in [-0.1, -0.05) is 18.2 Å². The third-order valence-electron chi connectivity index (χ3n) is 4.39. The maximum Gasteiger partial charge on any atom is 0.246 e. The molecule has 7 heteroatoms. The summed E-state index contributed by atoms with van der Waals surface area (Å²) >= 11 is 1.44. The maximum atomic E-state index is 13.8. The number of nitrogens with one attached hydrogen (secondary N) is 2. The van der Waals surface area contributed by atoms with Gasteiger partial charge in [0.25, 0.3) is 0 Å². The van der Waals surface area contributed by atoms with Gasteiger partial charge in [0, 0.05) is 25.4 Å². The van der Waals surface area contributed by atoms with E-state index in [1.165, 1.54) is 17.8 Å². The Morgan fingerprint density at radius 1 is 1.29 bits per heavy atom. The molecule has 2 fully saturated rings. The van der Waals surface area contributed by atoms with Crippen molar-refractivity contribution in [2.75, 3.05) is 31.9 Å². The maximum absolute atomic E-state index is 13.8. The molecule has 0 bridgehead atoms.